The zero-order valence-electron chi connectivity index (χ0n) is 11.4. The van der Waals surface area contributed by atoms with Crippen LogP contribution in [0.3, 0.4) is 0 Å². The van der Waals surface area contributed by atoms with Gasteiger partial charge in [-0.1, -0.05) is 0 Å². The average molecular weight is 277 g/mol. The van der Waals surface area contributed by atoms with Gasteiger partial charge in [-0.05, 0) is 25.7 Å². The monoisotopic (exact) mass is 277 g/mol. The number of nitrogens with zero attached hydrogens (tertiary/aromatic N) is 2. The van der Waals surface area contributed by atoms with Gasteiger partial charge in [0.25, 0.3) is 0 Å². The number of nitrogens with one attached hydrogen (secondary N) is 1. The first kappa shape index (κ1) is 13.1. The number of amides is 1. The highest BCUT2D eigenvalue weighted by Crippen LogP contribution is 2.22. The number of rotatable bonds is 4. The van der Waals surface area contributed by atoms with E-state index in [-0.39, 0.29) is 17.8 Å². The minimum atomic E-state index is -0.167. The number of aromatic nitrogens is 2. The summed E-state index contributed by atoms with van der Waals surface area (Å²) >= 11 is 0. The molecule has 0 unspecified atom stereocenters. The summed E-state index contributed by atoms with van der Waals surface area (Å²) < 4.78 is 6.97. The van der Waals surface area contributed by atoms with Crippen molar-refractivity contribution in [3.8, 4) is 0 Å². The lowest BCUT2D eigenvalue weighted by atomic mass is 10.0. The molecule has 1 saturated heterocycles. The molecule has 108 valence electrons. The SMILES string of the molecule is O=C(CC[C@H]1CCOC1=O)Nc1cnc2n1CCCC2. The van der Waals surface area contributed by atoms with Gasteiger partial charge < -0.3 is 14.6 Å². The van der Waals surface area contributed by atoms with Gasteiger partial charge in [0.1, 0.15) is 11.6 Å². The summed E-state index contributed by atoms with van der Waals surface area (Å²) in [5, 5.41) is 2.90. The van der Waals surface area contributed by atoms with Crippen LogP contribution in [-0.4, -0.2) is 28.0 Å². The molecular formula is C14H19N3O3. The lowest BCUT2D eigenvalue weighted by molar-refractivity contribution is -0.141. The van der Waals surface area contributed by atoms with Gasteiger partial charge in [0.2, 0.25) is 5.91 Å². The van der Waals surface area contributed by atoms with E-state index in [9.17, 15) is 9.59 Å². The Bertz CT molecular complexity index is 524. The molecule has 2 aliphatic rings. The molecule has 2 aliphatic heterocycles. The third-order valence-electron chi connectivity index (χ3n) is 4.00. The van der Waals surface area contributed by atoms with Crippen molar-refractivity contribution in [2.45, 2.75) is 45.1 Å². The molecule has 0 bridgehead atoms. The summed E-state index contributed by atoms with van der Waals surface area (Å²) in [7, 11) is 0. The highest BCUT2D eigenvalue weighted by Gasteiger charge is 2.26. The molecule has 1 atom stereocenters. The fourth-order valence-corrected chi connectivity index (χ4v) is 2.83. The predicted octanol–water partition coefficient (Wildman–Crippen LogP) is 1.50. The maximum Gasteiger partial charge on any atom is 0.309 e. The molecule has 3 rings (SSSR count). The Morgan fingerprint density at radius 3 is 3.20 bits per heavy atom. The second-order valence-electron chi connectivity index (χ2n) is 5.41. The molecule has 1 aromatic rings. The Balaban J connectivity index is 1.54. The largest absolute Gasteiger partial charge is 0.465 e. The van der Waals surface area contributed by atoms with Crippen molar-refractivity contribution in [3.05, 3.63) is 12.0 Å². The summed E-state index contributed by atoms with van der Waals surface area (Å²) in [6.07, 6.45) is 6.63. The highest BCUT2D eigenvalue weighted by molar-refractivity contribution is 5.90. The smallest absolute Gasteiger partial charge is 0.309 e. The molecule has 0 spiro atoms. The van der Waals surface area contributed by atoms with Crippen LogP contribution in [-0.2, 0) is 27.3 Å². The van der Waals surface area contributed by atoms with Gasteiger partial charge in [0.15, 0.2) is 0 Å². The van der Waals surface area contributed by atoms with Crippen LogP contribution in [0.4, 0.5) is 5.82 Å². The van der Waals surface area contributed by atoms with Crippen molar-refractivity contribution in [3.63, 3.8) is 0 Å². The number of carbonyl (C=O) groups is 2. The fraction of sp³-hybridized carbons (Fsp3) is 0.643. The molecule has 0 aromatic carbocycles. The van der Waals surface area contributed by atoms with E-state index in [2.05, 4.69) is 14.9 Å². The maximum atomic E-state index is 12.0. The van der Waals surface area contributed by atoms with Crippen LogP contribution in [0.15, 0.2) is 6.20 Å². The number of ether oxygens (including phenoxy) is 1. The second-order valence-corrected chi connectivity index (χ2v) is 5.41. The van der Waals surface area contributed by atoms with Crippen LogP contribution in [0, 0.1) is 5.92 Å². The molecule has 0 radical (unpaired) electrons. The normalized spacial score (nSPS) is 21.4. The van der Waals surface area contributed by atoms with Crippen LogP contribution in [0.5, 0.6) is 0 Å². The predicted molar refractivity (Wildman–Crippen MR) is 72.1 cm³/mol. The van der Waals surface area contributed by atoms with E-state index in [4.69, 9.17) is 4.74 Å². The fourth-order valence-electron chi connectivity index (χ4n) is 2.83. The molecule has 6 heteroatoms. The molecule has 0 saturated carbocycles. The van der Waals surface area contributed by atoms with E-state index in [0.717, 1.165) is 43.9 Å². The number of aryl methyl sites for hydroxylation is 1. The van der Waals surface area contributed by atoms with E-state index in [1.54, 1.807) is 6.20 Å². The van der Waals surface area contributed by atoms with Crippen LogP contribution in [0.25, 0.3) is 0 Å². The lowest BCUT2D eigenvalue weighted by Crippen LogP contribution is -2.19. The first-order chi connectivity index (χ1) is 9.74. The first-order valence-electron chi connectivity index (χ1n) is 7.25. The van der Waals surface area contributed by atoms with Gasteiger partial charge in [0, 0.05) is 19.4 Å². The Morgan fingerprint density at radius 2 is 2.40 bits per heavy atom. The maximum absolute atomic E-state index is 12.0. The van der Waals surface area contributed by atoms with Gasteiger partial charge in [-0.25, -0.2) is 4.98 Å². The van der Waals surface area contributed by atoms with Crippen LogP contribution >= 0.6 is 0 Å². The Hall–Kier alpha value is -1.85. The van der Waals surface area contributed by atoms with Gasteiger partial charge in [-0.3, -0.25) is 9.59 Å². The van der Waals surface area contributed by atoms with E-state index in [0.29, 0.717) is 19.4 Å². The van der Waals surface area contributed by atoms with Crippen molar-refractivity contribution in [2.24, 2.45) is 5.92 Å². The van der Waals surface area contributed by atoms with E-state index in [1.165, 1.54) is 0 Å². The van der Waals surface area contributed by atoms with Crippen molar-refractivity contribution in [2.75, 3.05) is 11.9 Å². The summed E-state index contributed by atoms with van der Waals surface area (Å²) in [4.78, 5) is 27.6. The Morgan fingerprint density at radius 1 is 1.50 bits per heavy atom. The lowest BCUT2D eigenvalue weighted by Gasteiger charge is -2.16. The van der Waals surface area contributed by atoms with Gasteiger partial charge >= 0.3 is 5.97 Å². The van der Waals surface area contributed by atoms with Crippen molar-refractivity contribution in [1.29, 1.82) is 0 Å². The number of hydrogen-bond acceptors (Lipinski definition) is 4. The van der Waals surface area contributed by atoms with Crippen molar-refractivity contribution >= 4 is 17.7 Å². The number of imidazole rings is 1. The molecule has 0 aliphatic carbocycles. The van der Waals surface area contributed by atoms with Crippen molar-refractivity contribution in [1.82, 2.24) is 9.55 Å². The number of hydrogen-bond donors (Lipinski definition) is 1. The zero-order chi connectivity index (χ0) is 13.9. The summed E-state index contributed by atoms with van der Waals surface area (Å²) in [6, 6.07) is 0. The highest BCUT2D eigenvalue weighted by atomic mass is 16.5. The number of anilines is 1. The van der Waals surface area contributed by atoms with Crippen molar-refractivity contribution < 1.29 is 14.3 Å². The van der Waals surface area contributed by atoms with E-state index in [1.807, 2.05) is 0 Å². The molecule has 1 aromatic heterocycles. The summed E-state index contributed by atoms with van der Waals surface area (Å²) in [6.45, 7) is 1.40. The van der Waals surface area contributed by atoms with Gasteiger partial charge in [-0.2, -0.15) is 0 Å². The second kappa shape index (κ2) is 5.64. The molecule has 6 nitrogen and oxygen atoms in total. The topological polar surface area (TPSA) is 73.2 Å². The Kier molecular flexibility index (Phi) is 3.71. The summed E-state index contributed by atoms with van der Waals surface area (Å²) in [5.41, 5.74) is 0. The molecular weight excluding hydrogens is 258 g/mol. The standard InChI is InChI=1S/C14H19N3O3/c18-13(5-4-10-6-8-20-14(10)19)16-12-9-15-11-3-1-2-7-17(11)12/h9-10H,1-8H2,(H,16,18)/t10-/m0/s1. The van der Waals surface area contributed by atoms with Crippen LogP contribution in [0.2, 0.25) is 0 Å². The molecule has 1 amide bonds. The Labute approximate surface area is 117 Å². The number of carbonyl (C=O) groups excluding carboxylic acids is 2. The van der Waals surface area contributed by atoms with Crippen LogP contribution < -0.4 is 5.32 Å². The average Bonchev–Trinajstić information content (AvgIpc) is 3.04. The zero-order valence-corrected chi connectivity index (χ0v) is 11.4. The molecule has 20 heavy (non-hydrogen) atoms. The third-order valence-corrected chi connectivity index (χ3v) is 4.00. The molecule has 1 N–H and O–H groups in total. The third kappa shape index (κ3) is 2.69. The quantitative estimate of drug-likeness (QED) is 0.846. The molecule has 1 fully saturated rings. The summed E-state index contributed by atoms with van der Waals surface area (Å²) in [5.74, 6) is 1.49. The van der Waals surface area contributed by atoms with E-state index < -0.39 is 0 Å². The number of cyclic esters (lactones) is 1. The van der Waals surface area contributed by atoms with Gasteiger partial charge in [-0.15, -0.1) is 0 Å². The van der Waals surface area contributed by atoms with Crippen LogP contribution in [0.1, 0.15) is 37.9 Å². The molecule has 3 heterocycles. The number of fused-ring (bicyclic) bond motifs is 1. The number of esters is 1. The first-order valence-corrected chi connectivity index (χ1v) is 7.25. The van der Waals surface area contributed by atoms with E-state index >= 15 is 0 Å². The minimum absolute atomic E-state index is 0.0574. The van der Waals surface area contributed by atoms with Gasteiger partial charge in [0.05, 0.1) is 18.7 Å². The minimum Gasteiger partial charge on any atom is -0.465 e.